The summed E-state index contributed by atoms with van der Waals surface area (Å²) in [6.45, 7) is 1.05. The number of carboxylic acids is 1. The molecule has 0 aliphatic rings. The molecule has 0 amide bonds. The Morgan fingerprint density at radius 2 is 1.86 bits per heavy atom. The van der Waals surface area contributed by atoms with E-state index < -0.39 is 5.97 Å². The first-order valence-electron chi connectivity index (χ1n) is 9.47. The molecule has 0 fully saturated rings. The average molecular weight is 386 g/mol. The van der Waals surface area contributed by atoms with Crippen LogP contribution in [0.3, 0.4) is 0 Å². The van der Waals surface area contributed by atoms with Crippen molar-refractivity contribution < 1.29 is 14.3 Å². The maximum absolute atomic E-state index is 11.1. The van der Waals surface area contributed by atoms with Crippen molar-refractivity contribution in [3.63, 3.8) is 0 Å². The number of hydrogen-bond acceptors (Lipinski definition) is 4. The molecule has 1 heterocycles. The van der Waals surface area contributed by atoms with Gasteiger partial charge in [-0.25, -0.2) is 0 Å². The zero-order valence-corrected chi connectivity index (χ0v) is 15.9. The molecule has 1 aromatic heterocycles. The van der Waals surface area contributed by atoms with Crippen LogP contribution in [0.25, 0.3) is 22.1 Å². The van der Waals surface area contributed by atoms with Gasteiger partial charge in [-0.3, -0.25) is 4.79 Å². The SMILES string of the molecule is NCc1cccc(-c2cc(CNc3ccccc3CC(=O)O)cc3ccoc23)c1. The first-order valence-corrected chi connectivity index (χ1v) is 9.47. The Morgan fingerprint density at radius 3 is 2.69 bits per heavy atom. The number of fused-ring (bicyclic) bond motifs is 1. The number of carboxylic acid groups (broad SMARTS) is 1. The second kappa shape index (κ2) is 8.20. The summed E-state index contributed by atoms with van der Waals surface area (Å²) < 4.78 is 5.74. The van der Waals surface area contributed by atoms with Crippen molar-refractivity contribution >= 4 is 22.6 Å². The number of benzene rings is 3. The number of nitrogens with two attached hydrogens (primary N) is 1. The molecule has 4 N–H and O–H groups in total. The van der Waals surface area contributed by atoms with Crippen LogP contribution in [0, 0.1) is 0 Å². The van der Waals surface area contributed by atoms with Crippen LogP contribution in [-0.2, 0) is 24.3 Å². The predicted octanol–water partition coefficient (Wildman–Crippen LogP) is 4.80. The highest BCUT2D eigenvalue weighted by Crippen LogP contribution is 2.32. The maximum Gasteiger partial charge on any atom is 0.307 e. The monoisotopic (exact) mass is 386 g/mol. The van der Waals surface area contributed by atoms with Gasteiger partial charge in [-0.2, -0.15) is 0 Å². The summed E-state index contributed by atoms with van der Waals surface area (Å²) >= 11 is 0. The van der Waals surface area contributed by atoms with Crippen LogP contribution in [0.2, 0.25) is 0 Å². The highest BCUT2D eigenvalue weighted by molar-refractivity contribution is 5.93. The van der Waals surface area contributed by atoms with Crippen LogP contribution >= 0.6 is 0 Å². The van der Waals surface area contributed by atoms with Gasteiger partial charge in [0.05, 0.1) is 12.7 Å². The third-order valence-electron chi connectivity index (χ3n) is 4.93. The molecule has 146 valence electrons. The van der Waals surface area contributed by atoms with Gasteiger partial charge in [-0.05, 0) is 52.6 Å². The van der Waals surface area contributed by atoms with Gasteiger partial charge in [-0.1, -0.05) is 36.4 Å². The highest BCUT2D eigenvalue weighted by Gasteiger charge is 2.11. The number of furan rings is 1. The van der Waals surface area contributed by atoms with E-state index in [0.29, 0.717) is 13.1 Å². The molecule has 0 spiro atoms. The molecule has 0 radical (unpaired) electrons. The van der Waals surface area contributed by atoms with Crippen LogP contribution in [-0.4, -0.2) is 11.1 Å². The smallest absolute Gasteiger partial charge is 0.307 e. The number of aliphatic carboxylic acids is 1. The normalized spacial score (nSPS) is 10.9. The Hall–Kier alpha value is -3.57. The molecule has 3 aromatic carbocycles. The van der Waals surface area contributed by atoms with Crippen molar-refractivity contribution in [1.82, 2.24) is 0 Å². The Labute approximate surface area is 168 Å². The van der Waals surface area contributed by atoms with E-state index in [-0.39, 0.29) is 6.42 Å². The van der Waals surface area contributed by atoms with Crippen molar-refractivity contribution in [3.8, 4) is 11.1 Å². The van der Waals surface area contributed by atoms with Crippen LogP contribution in [0.1, 0.15) is 16.7 Å². The molecule has 4 rings (SSSR count). The van der Waals surface area contributed by atoms with Crippen molar-refractivity contribution in [1.29, 1.82) is 0 Å². The fraction of sp³-hybridized carbons (Fsp3) is 0.125. The molecule has 0 saturated heterocycles. The molecule has 0 atom stereocenters. The number of hydrogen-bond donors (Lipinski definition) is 3. The molecule has 0 aliphatic carbocycles. The van der Waals surface area contributed by atoms with E-state index in [1.165, 1.54) is 0 Å². The van der Waals surface area contributed by atoms with Crippen LogP contribution in [0.5, 0.6) is 0 Å². The topological polar surface area (TPSA) is 88.5 Å². The third kappa shape index (κ3) is 4.15. The largest absolute Gasteiger partial charge is 0.481 e. The van der Waals surface area contributed by atoms with Crippen molar-refractivity contribution in [3.05, 3.63) is 89.7 Å². The van der Waals surface area contributed by atoms with E-state index in [1.54, 1.807) is 6.26 Å². The Bertz CT molecular complexity index is 1160. The number of nitrogens with one attached hydrogen (secondary N) is 1. The van der Waals surface area contributed by atoms with E-state index in [0.717, 1.165) is 44.5 Å². The van der Waals surface area contributed by atoms with Crippen molar-refractivity contribution in [2.24, 2.45) is 5.73 Å². The zero-order chi connectivity index (χ0) is 20.2. The number of anilines is 1. The standard InChI is InChI=1S/C24H22N2O3/c25-14-16-4-3-6-18(10-16)21-12-17(11-20-8-9-29-24(20)21)15-26-22-7-2-1-5-19(22)13-23(27)28/h1-12,26H,13-15,25H2,(H,27,28). The molecular formula is C24H22N2O3. The van der Waals surface area contributed by atoms with Crippen LogP contribution < -0.4 is 11.1 Å². The summed E-state index contributed by atoms with van der Waals surface area (Å²) in [5.41, 5.74) is 12.5. The summed E-state index contributed by atoms with van der Waals surface area (Å²) in [5, 5.41) is 13.5. The molecular weight excluding hydrogens is 364 g/mol. The van der Waals surface area contributed by atoms with Gasteiger partial charge in [0.25, 0.3) is 0 Å². The lowest BCUT2D eigenvalue weighted by Crippen LogP contribution is -2.06. The molecule has 0 unspecified atom stereocenters. The Kier molecular flexibility index (Phi) is 5.31. The molecule has 29 heavy (non-hydrogen) atoms. The summed E-state index contributed by atoms with van der Waals surface area (Å²) in [5.74, 6) is -0.846. The lowest BCUT2D eigenvalue weighted by molar-refractivity contribution is -0.136. The van der Waals surface area contributed by atoms with Gasteiger partial charge in [-0.15, -0.1) is 0 Å². The molecule has 0 saturated carbocycles. The summed E-state index contributed by atoms with van der Waals surface area (Å²) in [6.07, 6.45) is 1.68. The van der Waals surface area contributed by atoms with Gasteiger partial charge >= 0.3 is 5.97 Å². The second-order valence-corrected chi connectivity index (χ2v) is 6.97. The first-order chi connectivity index (χ1) is 14.1. The average Bonchev–Trinajstić information content (AvgIpc) is 3.21. The van der Waals surface area contributed by atoms with E-state index in [2.05, 4.69) is 29.6 Å². The summed E-state index contributed by atoms with van der Waals surface area (Å²) in [6, 6.07) is 21.8. The molecule has 5 nitrogen and oxygen atoms in total. The Balaban J connectivity index is 1.67. The van der Waals surface area contributed by atoms with Crippen molar-refractivity contribution in [2.75, 3.05) is 5.32 Å². The van der Waals surface area contributed by atoms with Gasteiger partial charge in [0.15, 0.2) is 0 Å². The van der Waals surface area contributed by atoms with Crippen LogP contribution in [0.15, 0.2) is 77.4 Å². The van der Waals surface area contributed by atoms with Gasteiger partial charge in [0, 0.05) is 29.7 Å². The zero-order valence-electron chi connectivity index (χ0n) is 15.9. The first kappa shape index (κ1) is 18.8. The lowest BCUT2D eigenvalue weighted by atomic mass is 9.98. The summed E-state index contributed by atoms with van der Waals surface area (Å²) in [7, 11) is 0. The van der Waals surface area contributed by atoms with Crippen LogP contribution in [0.4, 0.5) is 5.69 Å². The van der Waals surface area contributed by atoms with Gasteiger partial charge in [0.1, 0.15) is 5.58 Å². The number of carbonyl (C=O) groups is 1. The fourth-order valence-corrected chi connectivity index (χ4v) is 3.53. The number of para-hydroxylation sites is 1. The van der Waals surface area contributed by atoms with Gasteiger partial charge in [0.2, 0.25) is 0 Å². The Morgan fingerprint density at radius 1 is 1.00 bits per heavy atom. The van der Waals surface area contributed by atoms with Crippen molar-refractivity contribution in [2.45, 2.75) is 19.5 Å². The minimum Gasteiger partial charge on any atom is -0.481 e. The minimum atomic E-state index is -0.846. The van der Waals surface area contributed by atoms with E-state index in [4.69, 9.17) is 15.3 Å². The second-order valence-electron chi connectivity index (χ2n) is 6.97. The molecule has 0 aliphatic heterocycles. The minimum absolute atomic E-state index is 0.0128. The van der Waals surface area contributed by atoms with Gasteiger partial charge < -0.3 is 20.6 Å². The quantitative estimate of drug-likeness (QED) is 0.425. The summed E-state index contributed by atoms with van der Waals surface area (Å²) in [4.78, 5) is 11.1. The molecule has 5 heteroatoms. The fourth-order valence-electron chi connectivity index (χ4n) is 3.53. The van der Waals surface area contributed by atoms with E-state index in [1.807, 2.05) is 42.5 Å². The van der Waals surface area contributed by atoms with E-state index >= 15 is 0 Å². The lowest BCUT2D eigenvalue weighted by Gasteiger charge is -2.13. The predicted molar refractivity (Wildman–Crippen MR) is 115 cm³/mol. The number of rotatable bonds is 7. The molecule has 4 aromatic rings. The molecule has 0 bridgehead atoms. The highest BCUT2D eigenvalue weighted by atomic mass is 16.4. The maximum atomic E-state index is 11.1. The van der Waals surface area contributed by atoms with E-state index in [9.17, 15) is 4.79 Å². The third-order valence-corrected chi connectivity index (χ3v) is 4.93.